The van der Waals surface area contributed by atoms with E-state index >= 15 is 0 Å². The molecule has 420 valence electrons. The maximum atomic E-state index is 12.9. The average molecular weight is 1030 g/mol. The number of hydrogen-bond donors (Lipinski definition) is 0. The van der Waals surface area contributed by atoms with Gasteiger partial charge in [-0.15, -0.1) is 0 Å². The summed E-state index contributed by atoms with van der Waals surface area (Å²) in [6, 6.07) is 0. The largest absolute Gasteiger partial charge is 0.462 e. The molecular formula is C68H112O6. The van der Waals surface area contributed by atoms with Crippen LogP contribution in [-0.2, 0) is 28.6 Å². The van der Waals surface area contributed by atoms with E-state index in [4.69, 9.17) is 14.2 Å². The number of unbranched alkanes of at least 4 members (excludes halogenated alkanes) is 23. The van der Waals surface area contributed by atoms with E-state index in [9.17, 15) is 14.4 Å². The maximum absolute atomic E-state index is 12.9. The van der Waals surface area contributed by atoms with Gasteiger partial charge in [0.1, 0.15) is 13.2 Å². The van der Waals surface area contributed by atoms with Gasteiger partial charge in [0.2, 0.25) is 0 Å². The lowest BCUT2D eigenvalue weighted by Crippen LogP contribution is -2.30. The number of ether oxygens (including phenoxy) is 3. The highest BCUT2D eigenvalue weighted by Crippen LogP contribution is 2.14. The summed E-state index contributed by atoms with van der Waals surface area (Å²) in [5.41, 5.74) is 0. The summed E-state index contributed by atoms with van der Waals surface area (Å²) < 4.78 is 16.9. The molecule has 0 aliphatic rings. The molecule has 0 aromatic heterocycles. The van der Waals surface area contributed by atoms with Crippen molar-refractivity contribution in [1.82, 2.24) is 0 Å². The lowest BCUT2D eigenvalue weighted by molar-refractivity contribution is -0.167. The van der Waals surface area contributed by atoms with Crippen molar-refractivity contribution >= 4 is 17.9 Å². The van der Waals surface area contributed by atoms with E-state index in [2.05, 4.69) is 142 Å². The van der Waals surface area contributed by atoms with Crippen molar-refractivity contribution < 1.29 is 28.6 Å². The predicted molar refractivity (Wildman–Crippen MR) is 320 cm³/mol. The lowest BCUT2D eigenvalue weighted by Gasteiger charge is -2.18. The molecule has 0 N–H and O–H groups in total. The molecule has 1 atom stereocenters. The van der Waals surface area contributed by atoms with E-state index < -0.39 is 6.10 Å². The molecule has 0 aliphatic carbocycles. The predicted octanol–water partition coefficient (Wildman–Crippen LogP) is 20.8. The first-order chi connectivity index (χ1) is 36.5. The molecule has 0 rings (SSSR count). The number of esters is 3. The summed E-state index contributed by atoms with van der Waals surface area (Å²) in [4.78, 5) is 38.2. The first-order valence-corrected chi connectivity index (χ1v) is 30.5. The van der Waals surface area contributed by atoms with Gasteiger partial charge in [0, 0.05) is 19.3 Å². The quantitative estimate of drug-likeness (QED) is 0.0261. The average Bonchev–Trinajstić information content (AvgIpc) is 3.40. The van der Waals surface area contributed by atoms with E-state index in [-0.39, 0.29) is 31.1 Å². The molecule has 0 radical (unpaired) electrons. The van der Waals surface area contributed by atoms with Crippen LogP contribution in [0, 0.1) is 0 Å². The molecule has 0 aliphatic heterocycles. The molecule has 0 saturated carbocycles. The van der Waals surface area contributed by atoms with E-state index in [0.717, 1.165) is 128 Å². The third kappa shape index (κ3) is 58.7. The highest BCUT2D eigenvalue weighted by Gasteiger charge is 2.19. The Morgan fingerprint density at radius 2 is 0.527 bits per heavy atom. The second-order valence-electron chi connectivity index (χ2n) is 19.9. The molecule has 0 heterocycles. The number of allylic oxidation sites excluding steroid dienone is 20. The second kappa shape index (κ2) is 61.4. The van der Waals surface area contributed by atoms with Crippen LogP contribution in [0.3, 0.4) is 0 Å². The van der Waals surface area contributed by atoms with Gasteiger partial charge in [-0.3, -0.25) is 14.4 Å². The lowest BCUT2D eigenvalue weighted by atomic mass is 10.1. The first-order valence-electron chi connectivity index (χ1n) is 30.5. The van der Waals surface area contributed by atoms with Crippen molar-refractivity contribution in [3.05, 3.63) is 122 Å². The Balaban J connectivity index is 4.43. The second-order valence-corrected chi connectivity index (χ2v) is 19.9. The van der Waals surface area contributed by atoms with Gasteiger partial charge in [-0.05, 0) is 135 Å². The van der Waals surface area contributed by atoms with E-state index in [1.807, 2.05) is 0 Å². The summed E-state index contributed by atoms with van der Waals surface area (Å²) in [6.45, 7) is 6.44. The van der Waals surface area contributed by atoms with Gasteiger partial charge in [0.15, 0.2) is 6.10 Å². The van der Waals surface area contributed by atoms with Gasteiger partial charge in [0.05, 0.1) is 0 Å². The highest BCUT2D eigenvalue weighted by molar-refractivity contribution is 5.71. The SMILES string of the molecule is CC/C=C\C/C=C\C/C=C\C/C=C\C/C=C\C/C=C\C/C=C\CCCCCC(=O)OCC(COC(=O)CCCCCCC/C=C\CCCCC)OC(=O)CCCCCCCCCCC/C=C\C/C=C\CCCCC. The fourth-order valence-electron chi connectivity index (χ4n) is 8.09. The van der Waals surface area contributed by atoms with Gasteiger partial charge in [0.25, 0.3) is 0 Å². The zero-order chi connectivity index (χ0) is 53.6. The third-order valence-corrected chi connectivity index (χ3v) is 12.7. The van der Waals surface area contributed by atoms with Crippen LogP contribution in [0.4, 0.5) is 0 Å². The first kappa shape index (κ1) is 69.8. The van der Waals surface area contributed by atoms with Crippen molar-refractivity contribution in [2.24, 2.45) is 0 Å². The molecule has 0 spiro atoms. The Labute approximate surface area is 456 Å². The molecule has 6 nitrogen and oxygen atoms in total. The standard InChI is InChI=1S/C68H112O6/c1-4-7-10-13-16-19-22-25-27-29-31-32-33-34-35-36-38-39-41-43-46-49-52-55-58-61-67(70)73-64-65(63-72-66(69)60-57-54-51-48-45-24-21-18-15-12-9-6-3)74-68(71)62-59-56-53-50-47-44-42-40-37-30-28-26-23-20-17-14-11-8-5-2/h7,10,16-21,25-28,31-32,34-35,38-39,43,46,65H,4-6,8-9,11-15,22-24,29-30,33,36-37,40-42,44-45,47-64H2,1-3H3/b10-7-,19-16-,20-17-,21-18-,27-25-,28-26-,32-31-,35-34-,39-38-,46-43-. The Kier molecular flexibility index (Phi) is 57.9. The topological polar surface area (TPSA) is 78.9 Å². The molecule has 74 heavy (non-hydrogen) atoms. The molecule has 0 saturated heterocycles. The van der Waals surface area contributed by atoms with Crippen LogP contribution in [-0.4, -0.2) is 37.2 Å². The molecule has 0 aromatic carbocycles. The van der Waals surface area contributed by atoms with Crippen LogP contribution < -0.4 is 0 Å². The van der Waals surface area contributed by atoms with Gasteiger partial charge < -0.3 is 14.2 Å². The van der Waals surface area contributed by atoms with Crippen molar-refractivity contribution in [3.8, 4) is 0 Å². The summed E-state index contributed by atoms with van der Waals surface area (Å²) in [6.07, 6.45) is 84.8. The zero-order valence-electron chi connectivity index (χ0n) is 48.1. The number of hydrogen-bond acceptors (Lipinski definition) is 6. The highest BCUT2D eigenvalue weighted by atomic mass is 16.6. The summed E-state index contributed by atoms with van der Waals surface area (Å²) in [7, 11) is 0. The van der Waals surface area contributed by atoms with E-state index in [1.165, 1.54) is 103 Å². The van der Waals surface area contributed by atoms with Gasteiger partial charge in [-0.2, -0.15) is 0 Å². The van der Waals surface area contributed by atoms with Gasteiger partial charge >= 0.3 is 17.9 Å². The van der Waals surface area contributed by atoms with Crippen molar-refractivity contribution in [2.75, 3.05) is 13.2 Å². The number of carbonyl (C=O) groups excluding carboxylic acids is 3. The zero-order valence-corrected chi connectivity index (χ0v) is 48.1. The normalized spacial score (nSPS) is 13.0. The molecule has 6 heteroatoms. The smallest absolute Gasteiger partial charge is 0.306 e. The molecule has 0 aromatic rings. The Bertz CT molecular complexity index is 1550. The minimum absolute atomic E-state index is 0.0970. The fraction of sp³-hybridized carbons (Fsp3) is 0.662. The van der Waals surface area contributed by atoms with Crippen molar-refractivity contribution in [3.63, 3.8) is 0 Å². The van der Waals surface area contributed by atoms with E-state index in [1.54, 1.807) is 0 Å². The van der Waals surface area contributed by atoms with Crippen LogP contribution in [0.2, 0.25) is 0 Å². The molecule has 0 amide bonds. The van der Waals surface area contributed by atoms with E-state index in [0.29, 0.717) is 19.3 Å². The van der Waals surface area contributed by atoms with Crippen LogP contribution in [0.15, 0.2) is 122 Å². The van der Waals surface area contributed by atoms with Gasteiger partial charge in [-0.1, -0.05) is 239 Å². The number of rotatable bonds is 54. The Morgan fingerprint density at radius 1 is 0.284 bits per heavy atom. The molecule has 0 bridgehead atoms. The minimum atomic E-state index is -0.802. The van der Waals surface area contributed by atoms with Crippen LogP contribution >= 0.6 is 0 Å². The van der Waals surface area contributed by atoms with Crippen LogP contribution in [0.25, 0.3) is 0 Å². The molecular weight excluding hydrogens is 913 g/mol. The van der Waals surface area contributed by atoms with Crippen molar-refractivity contribution in [1.29, 1.82) is 0 Å². The van der Waals surface area contributed by atoms with Crippen LogP contribution in [0.1, 0.15) is 271 Å². The molecule has 1 unspecified atom stereocenters. The maximum Gasteiger partial charge on any atom is 0.306 e. The molecule has 0 fully saturated rings. The summed E-state index contributed by atoms with van der Waals surface area (Å²) in [5, 5.41) is 0. The number of carbonyl (C=O) groups is 3. The fourth-order valence-corrected chi connectivity index (χ4v) is 8.09. The third-order valence-electron chi connectivity index (χ3n) is 12.7. The van der Waals surface area contributed by atoms with Gasteiger partial charge in [-0.25, -0.2) is 0 Å². The summed E-state index contributed by atoms with van der Waals surface area (Å²) >= 11 is 0. The Morgan fingerprint density at radius 3 is 0.851 bits per heavy atom. The Hall–Kier alpha value is -4.19. The monoisotopic (exact) mass is 1020 g/mol. The summed E-state index contributed by atoms with van der Waals surface area (Å²) in [5.74, 6) is -0.943. The van der Waals surface area contributed by atoms with Crippen molar-refractivity contribution in [2.45, 2.75) is 277 Å². The van der Waals surface area contributed by atoms with Crippen LogP contribution in [0.5, 0.6) is 0 Å². The minimum Gasteiger partial charge on any atom is -0.462 e.